The van der Waals surface area contributed by atoms with Crippen LogP contribution in [0.15, 0.2) is 55.6 Å². The van der Waals surface area contributed by atoms with Gasteiger partial charge < -0.3 is 29.0 Å². The third-order valence-corrected chi connectivity index (χ3v) is 13.2. The summed E-state index contributed by atoms with van der Waals surface area (Å²) in [5, 5.41) is 1.72. The van der Waals surface area contributed by atoms with Crippen molar-refractivity contribution in [2.75, 3.05) is 0 Å². The first-order chi connectivity index (χ1) is 50.3. The van der Waals surface area contributed by atoms with Crippen molar-refractivity contribution in [1.29, 1.82) is 0 Å². The summed E-state index contributed by atoms with van der Waals surface area (Å²) in [6.45, 7) is 8.35. The van der Waals surface area contributed by atoms with E-state index in [-0.39, 0.29) is 110 Å². The minimum Gasteiger partial charge on any atom is -0.330 e. The third kappa shape index (κ3) is 25.6. The number of alkyl halides is 9. The van der Waals surface area contributed by atoms with E-state index in [0.29, 0.717) is 38.8 Å². The molecule has 108 heavy (non-hydrogen) atoms. The van der Waals surface area contributed by atoms with E-state index in [0.717, 1.165) is 6.08 Å². The Bertz CT molecular complexity index is 3740. The molecular formula is C60H55F9N8O31. The van der Waals surface area contributed by atoms with Crippen LogP contribution in [0.3, 0.4) is 0 Å². The molecule has 3 atom stereocenters. The maximum Gasteiger partial charge on any atom is 0.560 e. The quantitative estimate of drug-likeness (QED) is 0.0927. The molecule has 8 fully saturated rings. The number of hydroxylamine groups is 16. The molecule has 0 aliphatic carbocycles. The van der Waals surface area contributed by atoms with E-state index in [1.54, 1.807) is 43.2 Å². The first-order valence-electron chi connectivity index (χ1n) is 30.2. The lowest BCUT2D eigenvalue weighted by molar-refractivity contribution is -0.298. The van der Waals surface area contributed by atoms with E-state index < -0.39 is 192 Å². The van der Waals surface area contributed by atoms with E-state index in [1.807, 2.05) is 0 Å². The molecule has 0 saturated carbocycles. The topological polar surface area (TPSA) is 492 Å². The highest BCUT2D eigenvalue weighted by Crippen LogP contribution is 2.45. The van der Waals surface area contributed by atoms with Crippen molar-refractivity contribution in [2.45, 2.75) is 153 Å². The molecule has 0 radical (unpaired) electrons. The smallest absolute Gasteiger partial charge is 0.330 e. The fourth-order valence-electron chi connectivity index (χ4n) is 7.87. The van der Waals surface area contributed by atoms with Crippen LogP contribution in [-0.2, 0) is 139 Å². The van der Waals surface area contributed by atoms with Gasteiger partial charge in [-0.2, -0.15) is 26.7 Å². The lowest BCUT2D eigenvalue weighted by Crippen LogP contribution is -2.47. The zero-order valence-electron chi connectivity index (χ0n) is 55.4. The number of nitrogens with zero attached hydrogens (tertiary/aromatic N) is 8. The van der Waals surface area contributed by atoms with Crippen LogP contribution in [0.5, 0.6) is 0 Å². The van der Waals surface area contributed by atoms with Gasteiger partial charge in [-0.15, -0.1) is 31.7 Å². The minimum atomic E-state index is -5.98. The van der Waals surface area contributed by atoms with Crippen LogP contribution in [0.1, 0.15) is 133 Å². The van der Waals surface area contributed by atoms with Crippen molar-refractivity contribution >= 4 is 136 Å². The summed E-state index contributed by atoms with van der Waals surface area (Å²) < 4.78 is 112. The average molecular weight is 1560 g/mol. The second-order valence-corrected chi connectivity index (χ2v) is 21.3. The Morgan fingerprint density at radius 3 is 1.09 bits per heavy atom. The summed E-state index contributed by atoms with van der Waals surface area (Å²) in [4.78, 5) is 287. The summed E-state index contributed by atoms with van der Waals surface area (Å²) >= 11 is 0. The molecule has 39 nitrogen and oxygen atoms in total. The molecule has 0 aromatic heterocycles. The molecule has 8 aliphatic rings. The van der Waals surface area contributed by atoms with Gasteiger partial charge in [-0.05, 0) is 25.5 Å². The van der Waals surface area contributed by atoms with E-state index in [4.69, 9.17) is 4.84 Å². The van der Waals surface area contributed by atoms with Crippen LogP contribution in [0, 0.1) is 18.3 Å². The summed E-state index contributed by atoms with van der Waals surface area (Å²) in [5.74, 6) is -28.7. The number of rotatable bonds is 17. The van der Waals surface area contributed by atoms with Gasteiger partial charge in [-0.1, -0.05) is 53.5 Å². The molecular weight excluding hydrogens is 1500 g/mol. The van der Waals surface area contributed by atoms with Crippen LogP contribution in [-0.4, -0.2) is 207 Å². The Morgan fingerprint density at radius 1 is 0.444 bits per heavy atom. The van der Waals surface area contributed by atoms with E-state index >= 15 is 0 Å². The number of carbonyl (C=O) groups excluding carboxylic acids is 23. The van der Waals surface area contributed by atoms with E-state index in [9.17, 15) is 150 Å². The highest BCUT2D eigenvalue weighted by atomic mass is 19.4. The molecule has 1 aromatic rings. The van der Waals surface area contributed by atoms with Gasteiger partial charge in [0.2, 0.25) is 18.3 Å². The molecule has 0 spiro atoms. The zero-order chi connectivity index (χ0) is 82.0. The van der Waals surface area contributed by atoms with Crippen molar-refractivity contribution in [3.05, 3.63) is 61.2 Å². The highest BCUT2D eigenvalue weighted by Gasteiger charge is 2.68. The average Bonchev–Trinajstić information content (AvgIpc) is 1.57. The summed E-state index contributed by atoms with van der Waals surface area (Å²) in [5.41, 5.74) is 0.301. The van der Waals surface area contributed by atoms with Crippen LogP contribution >= 0.6 is 0 Å². The number of imide groups is 8. The Labute approximate surface area is 597 Å². The fraction of sp³-hybridized carbons (Fsp3) is 0.417. The predicted molar refractivity (Wildman–Crippen MR) is 313 cm³/mol. The van der Waals surface area contributed by atoms with Crippen molar-refractivity contribution < 1.29 is 188 Å². The fourth-order valence-corrected chi connectivity index (χ4v) is 7.87. The number of amides is 16. The zero-order valence-corrected chi connectivity index (χ0v) is 55.4. The van der Waals surface area contributed by atoms with Crippen LogP contribution in [0.2, 0.25) is 0 Å². The molecule has 8 saturated heterocycles. The third-order valence-electron chi connectivity index (χ3n) is 13.2. The monoisotopic (exact) mass is 1550 g/mol. The molecule has 16 amide bonds. The van der Waals surface area contributed by atoms with Crippen LogP contribution in [0.4, 0.5) is 44.3 Å². The van der Waals surface area contributed by atoms with Gasteiger partial charge in [0.05, 0.1) is 12.0 Å². The summed E-state index contributed by atoms with van der Waals surface area (Å²) in [7, 11) is 0. The molecule has 1 aromatic carbocycles. The van der Waals surface area contributed by atoms with Gasteiger partial charge in [-0.3, -0.25) is 86.4 Å². The van der Waals surface area contributed by atoms with Gasteiger partial charge >= 0.3 is 65.9 Å². The first kappa shape index (κ1) is 89.1. The highest BCUT2D eigenvalue weighted by molar-refractivity contribution is 6.09. The standard InChI is InChI=1S/C11H9NO4.C10H10F5NO4.C9H11F2NO4.C9H8N2O7.C7H5F2NO4.C7H7NO4.C7H5NO4/c13-9-6-7-10(14)12(9)16-11(15)8-4-2-1-3-5-8;1-2-3-7(18)20-16-6(17)4-5(8(16)19)9(11,12)10(13,14)15;1-9(10,11)5-4-8(15)16-12-6(13)2-3-7(12)14;12-5-1-2-6(13)10(5)17-9(16)18-11-7(14)3-4-8(11)15;1-2-3(11)14-10-6(12)4(8)5(9)7(10)13;2*1-2-7(11)12-8-5(9)3-4-6(8)10/h1-5H,6-7H2;5H,2-4H2,1H3;2-5H2,1H3;1-4H2;2,4-5H,1H2;2H,1,3-4H2;1H,3-4H2. The van der Waals surface area contributed by atoms with Crippen LogP contribution in [0.25, 0.3) is 0 Å². The molecule has 9 rings (SSSR count). The molecule has 584 valence electrons. The van der Waals surface area contributed by atoms with Gasteiger partial charge in [0.15, 0.2) is 0 Å². The largest absolute Gasteiger partial charge is 0.560 e. The predicted octanol–water partition coefficient (Wildman–Crippen LogP) is 1.70. The Balaban J connectivity index is 0.000000329. The van der Waals surface area contributed by atoms with Crippen molar-refractivity contribution in [3.8, 4) is 12.3 Å². The summed E-state index contributed by atoms with van der Waals surface area (Å²) in [6, 6.07) is 8.19. The van der Waals surface area contributed by atoms with Crippen molar-refractivity contribution in [2.24, 2.45) is 5.92 Å². The minimum absolute atomic E-state index is 0.0178. The molecule has 48 heteroatoms. The molecule has 3 unspecified atom stereocenters. The normalized spacial score (nSPS) is 18.9. The van der Waals surface area contributed by atoms with Crippen molar-refractivity contribution in [1.82, 2.24) is 40.5 Å². The first-order valence-corrected chi connectivity index (χ1v) is 30.2. The number of hydrogen-bond acceptors (Lipinski definition) is 31. The number of terminal acetylenes is 1. The number of carbonyl (C=O) groups is 23. The van der Waals surface area contributed by atoms with Gasteiger partial charge in [-0.25, -0.2) is 46.3 Å². The lowest BCUT2D eigenvalue weighted by atomic mass is 9.99. The van der Waals surface area contributed by atoms with Gasteiger partial charge in [0, 0.05) is 114 Å². The second kappa shape index (κ2) is 39.6. The Hall–Kier alpha value is -13.2. The Morgan fingerprint density at radius 2 is 0.759 bits per heavy atom. The van der Waals surface area contributed by atoms with Crippen LogP contribution < -0.4 is 0 Å². The van der Waals surface area contributed by atoms with Gasteiger partial charge in [0.1, 0.15) is 5.92 Å². The number of hydrogen-bond donors (Lipinski definition) is 0. The molecule has 8 aliphatic heterocycles. The second-order valence-electron chi connectivity index (χ2n) is 21.3. The lowest BCUT2D eigenvalue weighted by Gasteiger charge is -2.23. The molecule has 8 heterocycles. The molecule has 0 bridgehead atoms. The van der Waals surface area contributed by atoms with Crippen molar-refractivity contribution in [3.63, 3.8) is 0 Å². The summed E-state index contributed by atoms with van der Waals surface area (Å²) in [6.07, 6.45) is -8.74. The SMILES string of the molecule is C#CC(=O)ON1C(=O)CCC1=O.C=CC(=O)ON1C(=O)C(F)C(F)C1=O.C=CC(=O)ON1C(=O)CCC1=O.CC(F)(F)CCC(=O)ON1C(=O)CCC1=O.CCCC(=O)ON1C(=O)CC(C(F)(F)C(F)(F)F)C1=O.O=C(ON1C(=O)CCC1=O)ON1C(=O)CCC1=O.O=C(ON1C(=O)CCC1=O)c1ccccc1. The maximum absolute atomic E-state index is 13.1. The maximum atomic E-state index is 13.1. The van der Waals surface area contributed by atoms with E-state index in [2.05, 4.69) is 53.4 Å². The number of benzene rings is 1. The van der Waals surface area contributed by atoms with E-state index in [1.165, 1.54) is 0 Å². The number of halogens is 9. The Kier molecular flexibility index (Phi) is 32.7. The molecule has 0 N–H and O–H groups in total. The van der Waals surface area contributed by atoms with Gasteiger partial charge in [0.25, 0.3) is 82.7 Å².